The molecule has 5 nitrogen and oxygen atoms in total. The van der Waals surface area contributed by atoms with Gasteiger partial charge in [-0.3, -0.25) is 4.79 Å². The molecule has 1 rings (SSSR count). The molecule has 0 spiro atoms. The molecule has 0 aromatic rings. The van der Waals surface area contributed by atoms with E-state index in [2.05, 4.69) is 0 Å². The van der Waals surface area contributed by atoms with Crippen LogP contribution in [0.1, 0.15) is 20.3 Å². The molecule has 0 bridgehead atoms. The van der Waals surface area contributed by atoms with Crippen LogP contribution in [0.4, 0.5) is 4.39 Å². The summed E-state index contributed by atoms with van der Waals surface area (Å²) in [6, 6.07) is 0. The quantitative estimate of drug-likeness (QED) is 0.673. The van der Waals surface area contributed by atoms with Gasteiger partial charge in [0.15, 0.2) is 11.3 Å². The van der Waals surface area contributed by atoms with Gasteiger partial charge in [-0.1, -0.05) is 0 Å². The van der Waals surface area contributed by atoms with Gasteiger partial charge in [0, 0.05) is 13.0 Å². The predicted molar refractivity (Wildman–Crippen MR) is 49.0 cm³/mol. The fourth-order valence-electron chi connectivity index (χ4n) is 1.52. The number of carbonyl (C=O) groups excluding carboxylic acids is 1. The van der Waals surface area contributed by atoms with Crippen molar-refractivity contribution in [3.8, 4) is 0 Å². The fraction of sp³-hybridized carbons (Fsp3) is 0.778. The summed E-state index contributed by atoms with van der Waals surface area (Å²) in [6.07, 6.45) is -0.0653. The highest BCUT2D eigenvalue weighted by atomic mass is 19.1. The molecule has 1 saturated heterocycles. The Balaban J connectivity index is 2.73. The molecule has 2 N–H and O–H groups in total. The molecule has 0 saturated carbocycles. The van der Waals surface area contributed by atoms with Crippen molar-refractivity contribution in [2.75, 3.05) is 13.1 Å². The van der Waals surface area contributed by atoms with E-state index in [1.807, 2.05) is 0 Å². The number of nitrogens with zero attached hydrogens (tertiary/aromatic N) is 1. The molecule has 1 fully saturated rings. The number of carboxylic acids is 1. The van der Waals surface area contributed by atoms with Gasteiger partial charge in [-0.05, 0) is 13.8 Å². The first kappa shape index (κ1) is 11.9. The minimum Gasteiger partial charge on any atom is -0.479 e. The van der Waals surface area contributed by atoms with Gasteiger partial charge in [0.2, 0.25) is 0 Å². The number of rotatable bonds is 2. The van der Waals surface area contributed by atoms with Crippen LogP contribution in [0.5, 0.6) is 0 Å². The molecule has 1 unspecified atom stereocenters. The number of aliphatic carboxylic acids is 1. The molecule has 1 atom stereocenters. The number of likely N-dealkylation sites (tertiary alicyclic amines) is 1. The number of hydrogen-bond acceptors (Lipinski definition) is 3. The zero-order valence-electron chi connectivity index (χ0n) is 8.66. The number of aliphatic hydroxyl groups is 1. The third-order valence-electron chi connectivity index (χ3n) is 2.44. The first-order chi connectivity index (χ1) is 6.67. The number of carboxylic acid groups (broad SMARTS) is 1. The lowest BCUT2D eigenvalue weighted by Crippen LogP contribution is -2.46. The molecular weight excluding hydrogens is 205 g/mol. The first-order valence-electron chi connectivity index (χ1n) is 4.61. The summed E-state index contributed by atoms with van der Waals surface area (Å²) in [6.45, 7) is 1.92. The van der Waals surface area contributed by atoms with Crippen molar-refractivity contribution in [3.05, 3.63) is 0 Å². The summed E-state index contributed by atoms with van der Waals surface area (Å²) < 4.78 is 13.3. The Morgan fingerprint density at radius 3 is 2.33 bits per heavy atom. The van der Waals surface area contributed by atoms with Gasteiger partial charge in [0.05, 0.1) is 6.54 Å². The molecular formula is C9H14FNO4. The second-order valence-corrected chi connectivity index (χ2v) is 4.29. The molecule has 86 valence electrons. The largest absolute Gasteiger partial charge is 0.479 e. The molecule has 15 heavy (non-hydrogen) atoms. The van der Waals surface area contributed by atoms with Gasteiger partial charge >= 0.3 is 5.97 Å². The molecule has 0 aliphatic carbocycles. The summed E-state index contributed by atoms with van der Waals surface area (Å²) >= 11 is 0. The highest BCUT2D eigenvalue weighted by Crippen LogP contribution is 2.25. The van der Waals surface area contributed by atoms with Crippen LogP contribution in [0.3, 0.4) is 0 Å². The molecule has 1 aliphatic heterocycles. The Labute approximate surface area is 86.5 Å². The Morgan fingerprint density at radius 1 is 1.47 bits per heavy atom. The molecule has 0 radical (unpaired) electrons. The molecule has 0 aromatic heterocycles. The maximum absolute atomic E-state index is 13.3. The Bertz CT molecular complexity index is 299. The van der Waals surface area contributed by atoms with Crippen LogP contribution in [0, 0.1) is 0 Å². The molecule has 6 heteroatoms. The summed E-state index contributed by atoms with van der Waals surface area (Å²) in [7, 11) is 0. The summed E-state index contributed by atoms with van der Waals surface area (Å²) in [4.78, 5) is 23.1. The topological polar surface area (TPSA) is 77.8 Å². The number of alkyl halides is 1. The van der Waals surface area contributed by atoms with Gasteiger partial charge in [-0.15, -0.1) is 0 Å². The van der Waals surface area contributed by atoms with E-state index in [9.17, 15) is 19.1 Å². The average Bonchev–Trinajstić information content (AvgIpc) is 2.46. The summed E-state index contributed by atoms with van der Waals surface area (Å²) in [5.74, 6) is -2.17. The maximum atomic E-state index is 13.3. The number of halogens is 1. The molecule has 1 heterocycles. The first-order valence-corrected chi connectivity index (χ1v) is 4.61. The Morgan fingerprint density at radius 2 is 2.00 bits per heavy atom. The van der Waals surface area contributed by atoms with E-state index in [0.717, 1.165) is 18.7 Å². The van der Waals surface area contributed by atoms with Crippen molar-refractivity contribution in [2.45, 2.75) is 31.5 Å². The van der Waals surface area contributed by atoms with Crippen molar-refractivity contribution >= 4 is 11.9 Å². The zero-order valence-corrected chi connectivity index (χ0v) is 8.66. The lowest BCUT2D eigenvalue weighted by Gasteiger charge is -2.23. The van der Waals surface area contributed by atoms with Gasteiger partial charge in [0.1, 0.15) is 0 Å². The Kier molecular flexibility index (Phi) is 2.73. The van der Waals surface area contributed by atoms with Crippen LogP contribution < -0.4 is 0 Å². The van der Waals surface area contributed by atoms with E-state index in [4.69, 9.17) is 5.11 Å². The van der Waals surface area contributed by atoms with Gasteiger partial charge < -0.3 is 15.1 Å². The summed E-state index contributed by atoms with van der Waals surface area (Å²) in [5.41, 5.74) is -3.97. The predicted octanol–water partition coefficient (Wildman–Crippen LogP) is -0.217. The van der Waals surface area contributed by atoms with Crippen LogP contribution in [-0.4, -0.2) is 51.3 Å². The lowest BCUT2D eigenvalue weighted by atomic mass is 10.0. The van der Waals surface area contributed by atoms with Crippen molar-refractivity contribution in [1.82, 2.24) is 4.90 Å². The summed E-state index contributed by atoms with van der Waals surface area (Å²) in [5, 5.41) is 18.2. The van der Waals surface area contributed by atoms with E-state index in [1.165, 1.54) is 0 Å². The third kappa shape index (κ3) is 2.26. The van der Waals surface area contributed by atoms with Gasteiger partial charge in [-0.2, -0.15) is 0 Å². The normalized spacial score (nSPS) is 26.8. The average molecular weight is 219 g/mol. The van der Waals surface area contributed by atoms with E-state index in [1.54, 1.807) is 0 Å². The van der Waals surface area contributed by atoms with Gasteiger partial charge in [-0.25, -0.2) is 9.18 Å². The minimum absolute atomic E-state index is 0.0645. The van der Waals surface area contributed by atoms with Crippen LogP contribution in [0.25, 0.3) is 0 Å². The second kappa shape index (κ2) is 3.44. The molecule has 1 amide bonds. The Hall–Kier alpha value is -1.17. The van der Waals surface area contributed by atoms with Crippen molar-refractivity contribution in [3.63, 3.8) is 0 Å². The van der Waals surface area contributed by atoms with Crippen LogP contribution >= 0.6 is 0 Å². The van der Waals surface area contributed by atoms with Crippen LogP contribution in [-0.2, 0) is 9.59 Å². The SMILES string of the molecule is CC(C)(F)C(=O)N1CCC(O)(C(=O)O)C1. The maximum Gasteiger partial charge on any atom is 0.337 e. The zero-order chi connectivity index (χ0) is 11.9. The van der Waals surface area contributed by atoms with Crippen LogP contribution in [0.2, 0.25) is 0 Å². The number of amides is 1. The molecule has 1 aliphatic rings. The van der Waals surface area contributed by atoms with Crippen molar-refractivity contribution in [2.24, 2.45) is 0 Å². The number of β-amino-alcohol motifs (C(OH)–C–C–N with tert-alkyl or cyclic N) is 1. The fourth-order valence-corrected chi connectivity index (χ4v) is 1.52. The van der Waals surface area contributed by atoms with Crippen molar-refractivity contribution in [1.29, 1.82) is 0 Å². The van der Waals surface area contributed by atoms with Crippen LogP contribution in [0.15, 0.2) is 0 Å². The van der Waals surface area contributed by atoms with E-state index < -0.39 is 23.1 Å². The number of carbonyl (C=O) groups is 2. The van der Waals surface area contributed by atoms with E-state index in [-0.39, 0.29) is 19.5 Å². The highest BCUT2D eigenvalue weighted by molar-refractivity contribution is 5.86. The monoisotopic (exact) mass is 219 g/mol. The standard InChI is InChI=1S/C9H14FNO4/c1-8(2,10)6(12)11-4-3-9(15,5-11)7(13)14/h15H,3-5H2,1-2H3,(H,13,14). The minimum atomic E-state index is -2.04. The second-order valence-electron chi connectivity index (χ2n) is 4.29. The lowest BCUT2D eigenvalue weighted by molar-refractivity contribution is -0.158. The van der Waals surface area contributed by atoms with E-state index in [0.29, 0.717) is 0 Å². The third-order valence-corrected chi connectivity index (χ3v) is 2.44. The highest BCUT2D eigenvalue weighted by Gasteiger charge is 2.47. The van der Waals surface area contributed by atoms with Crippen molar-refractivity contribution < 1.29 is 24.2 Å². The van der Waals surface area contributed by atoms with Gasteiger partial charge in [0.25, 0.3) is 5.91 Å². The smallest absolute Gasteiger partial charge is 0.337 e. The number of hydrogen-bond donors (Lipinski definition) is 2. The molecule has 0 aromatic carbocycles. The van der Waals surface area contributed by atoms with E-state index >= 15 is 0 Å².